The van der Waals surface area contributed by atoms with Crippen molar-refractivity contribution in [2.75, 3.05) is 19.6 Å². The number of hydrogen-bond donors (Lipinski definition) is 0. The maximum Gasteiger partial charge on any atom is 0.000967 e. The standard InChI is InChI=1S/C11H19N/c1-2-10-5-7-12(8-6-10)9-11-3-4-11/h2,10-11H,1,3-9H2. The molecule has 0 aromatic carbocycles. The summed E-state index contributed by atoms with van der Waals surface area (Å²) in [6, 6.07) is 0. The van der Waals surface area contributed by atoms with Gasteiger partial charge >= 0.3 is 0 Å². The molecule has 1 saturated carbocycles. The molecule has 1 aliphatic carbocycles. The molecular weight excluding hydrogens is 146 g/mol. The summed E-state index contributed by atoms with van der Waals surface area (Å²) in [6.45, 7) is 7.87. The van der Waals surface area contributed by atoms with Gasteiger partial charge in [0.1, 0.15) is 0 Å². The number of hydrogen-bond acceptors (Lipinski definition) is 1. The third kappa shape index (κ3) is 2.10. The van der Waals surface area contributed by atoms with Crippen LogP contribution in [0, 0.1) is 11.8 Å². The summed E-state index contributed by atoms with van der Waals surface area (Å²) < 4.78 is 0. The zero-order chi connectivity index (χ0) is 8.39. The van der Waals surface area contributed by atoms with Crippen LogP contribution >= 0.6 is 0 Å². The molecule has 2 fully saturated rings. The summed E-state index contributed by atoms with van der Waals surface area (Å²) in [5.74, 6) is 1.87. The molecule has 0 atom stereocenters. The van der Waals surface area contributed by atoms with Crippen molar-refractivity contribution in [1.82, 2.24) is 4.90 Å². The summed E-state index contributed by atoms with van der Waals surface area (Å²) in [6.07, 6.45) is 7.80. The Bertz CT molecular complexity index is 152. The third-order valence-corrected chi connectivity index (χ3v) is 3.18. The van der Waals surface area contributed by atoms with Crippen LogP contribution in [0.25, 0.3) is 0 Å². The molecule has 1 aliphatic heterocycles. The van der Waals surface area contributed by atoms with E-state index >= 15 is 0 Å². The maximum atomic E-state index is 3.86. The van der Waals surface area contributed by atoms with Gasteiger partial charge in [-0.3, -0.25) is 0 Å². The number of likely N-dealkylation sites (tertiary alicyclic amines) is 1. The van der Waals surface area contributed by atoms with Crippen molar-refractivity contribution >= 4 is 0 Å². The minimum atomic E-state index is 0.806. The van der Waals surface area contributed by atoms with Crippen LogP contribution in [0.1, 0.15) is 25.7 Å². The Hall–Kier alpha value is -0.300. The Morgan fingerprint density at radius 1 is 1.17 bits per heavy atom. The van der Waals surface area contributed by atoms with Gasteiger partial charge in [0, 0.05) is 6.54 Å². The first-order valence-corrected chi connectivity index (χ1v) is 5.23. The SMILES string of the molecule is C=CC1CCN(CC2CC2)CC1. The van der Waals surface area contributed by atoms with Crippen molar-refractivity contribution in [2.45, 2.75) is 25.7 Å². The second-order valence-corrected chi connectivity index (χ2v) is 4.32. The van der Waals surface area contributed by atoms with E-state index in [4.69, 9.17) is 0 Å². The van der Waals surface area contributed by atoms with Gasteiger partial charge in [-0.25, -0.2) is 0 Å². The van der Waals surface area contributed by atoms with E-state index in [0.29, 0.717) is 0 Å². The molecule has 0 bridgehead atoms. The Morgan fingerprint density at radius 3 is 2.33 bits per heavy atom. The van der Waals surface area contributed by atoms with E-state index in [0.717, 1.165) is 11.8 Å². The highest BCUT2D eigenvalue weighted by atomic mass is 15.1. The quantitative estimate of drug-likeness (QED) is 0.580. The first kappa shape index (κ1) is 8.31. The predicted molar refractivity (Wildman–Crippen MR) is 52.1 cm³/mol. The Morgan fingerprint density at radius 2 is 1.83 bits per heavy atom. The van der Waals surface area contributed by atoms with Crippen LogP contribution < -0.4 is 0 Å². The Kier molecular flexibility index (Phi) is 2.50. The molecule has 0 aromatic rings. The number of nitrogens with zero attached hydrogens (tertiary/aromatic N) is 1. The van der Waals surface area contributed by atoms with Crippen molar-refractivity contribution in [3.8, 4) is 0 Å². The average molecular weight is 165 g/mol. The van der Waals surface area contributed by atoms with E-state index in [1.54, 1.807) is 0 Å². The number of allylic oxidation sites excluding steroid dienone is 1. The number of piperidine rings is 1. The van der Waals surface area contributed by atoms with Crippen LogP contribution in [-0.4, -0.2) is 24.5 Å². The van der Waals surface area contributed by atoms with Crippen LogP contribution in [0.5, 0.6) is 0 Å². The first-order valence-electron chi connectivity index (χ1n) is 5.23. The van der Waals surface area contributed by atoms with Gasteiger partial charge in [0.2, 0.25) is 0 Å². The van der Waals surface area contributed by atoms with Gasteiger partial charge in [-0.05, 0) is 50.6 Å². The minimum absolute atomic E-state index is 0.806. The molecule has 0 unspecified atom stereocenters. The summed E-state index contributed by atoms with van der Waals surface area (Å²) in [4.78, 5) is 2.64. The lowest BCUT2D eigenvalue weighted by Crippen LogP contribution is -2.34. The lowest BCUT2D eigenvalue weighted by Gasteiger charge is -2.30. The molecule has 0 spiro atoms. The van der Waals surface area contributed by atoms with Crippen LogP contribution in [-0.2, 0) is 0 Å². The zero-order valence-electron chi connectivity index (χ0n) is 7.84. The van der Waals surface area contributed by atoms with E-state index < -0.39 is 0 Å². The van der Waals surface area contributed by atoms with Gasteiger partial charge in [0.05, 0.1) is 0 Å². The lowest BCUT2D eigenvalue weighted by molar-refractivity contribution is 0.196. The molecule has 12 heavy (non-hydrogen) atoms. The smallest absolute Gasteiger partial charge is 0.000967 e. The summed E-state index contributed by atoms with van der Waals surface area (Å²) >= 11 is 0. The summed E-state index contributed by atoms with van der Waals surface area (Å²) in [7, 11) is 0. The lowest BCUT2D eigenvalue weighted by atomic mass is 9.97. The fraction of sp³-hybridized carbons (Fsp3) is 0.818. The van der Waals surface area contributed by atoms with E-state index in [2.05, 4.69) is 17.6 Å². The summed E-state index contributed by atoms with van der Waals surface area (Å²) in [5, 5.41) is 0. The Balaban J connectivity index is 1.70. The van der Waals surface area contributed by atoms with Gasteiger partial charge in [-0.1, -0.05) is 6.08 Å². The van der Waals surface area contributed by atoms with Crippen LogP contribution in [0.15, 0.2) is 12.7 Å². The second kappa shape index (κ2) is 3.61. The van der Waals surface area contributed by atoms with E-state index in [9.17, 15) is 0 Å². The predicted octanol–water partition coefficient (Wildman–Crippen LogP) is 2.29. The molecule has 1 nitrogen and oxygen atoms in total. The maximum absolute atomic E-state index is 3.86. The van der Waals surface area contributed by atoms with Gasteiger partial charge in [0.25, 0.3) is 0 Å². The average Bonchev–Trinajstić information content (AvgIpc) is 2.90. The van der Waals surface area contributed by atoms with Gasteiger partial charge in [-0.2, -0.15) is 0 Å². The second-order valence-electron chi connectivity index (χ2n) is 4.32. The molecule has 1 saturated heterocycles. The van der Waals surface area contributed by atoms with E-state index in [1.165, 1.54) is 45.3 Å². The fourth-order valence-electron chi connectivity index (χ4n) is 2.04. The fourth-order valence-corrected chi connectivity index (χ4v) is 2.04. The van der Waals surface area contributed by atoms with Crippen molar-refractivity contribution in [3.05, 3.63) is 12.7 Å². The van der Waals surface area contributed by atoms with Crippen molar-refractivity contribution in [2.24, 2.45) is 11.8 Å². The molecule has 1 heterocycles. The normalized spacial score (nSPS) is 27.3. The molecule has 1 heteroatoms. The number of rotatable bonds is 3. The van der Waals surface area contributed by atoms with Crippen molar-refractivity contribution in [1.29, 1.82) is 0 Å². The molecular formula is C11H19N. The topological polar surface area (TPSA) is 3.24 Å². The van der Waals surface area contributed by atoms with Crippen LogP contribution in [0.2, 0.25) is 0 Å². The molecule has 2 aliphatic rings. The van der Waals surface area contributed by atoms with Gasteiger partial charge < -0.3 is 4.90 Å². The molecule has 68 valence electrons. The van der Waals surface area contributed by atoms with E-state index in [-0.39, 0.29) is 0 Å². The van der Waals surface area contributed by atoms with Gasteiger partial charge in [-0.15, -0.1) is 6.58 Å². The van der Waals surface area contributed by atoms with Crippen molar-refractivity contribution in [3.63, 3.8) is 0 Å². The van der Waals surface area contributed by atoms with Crippen LogP contribution in [0.4, 0.5) is 0 Å². The highest BCUT2D eigenvalue weighted by Gasteiger charge is 2.26. The largest absolute Gasteiger partial charge is 0.303 e. The highest BCUT2D eigenvalue weighted by Crippen LogP contribution is 2.31. The zero-order valence-corrected chi connectivity index (χ0v) is 7.84. The molecule has 0 amide bonds. The third-order valence-electron chi connectivity index (χ3n) is 3.18. The van der Waals surface area contributed by atoms with Crippen LogP contribution in [0.3, 0.4) is 0 Å². The molecule has 2 rings (SSSR count). The molecule has 0 radical (unpaired) electrons. The molecule has 0 N–H and O–H groups in total. The Labute approximate surface area is 75.4 Å². The monoisotopic (exact) mass is 165 g/mol. The van der Waals surface area contributed by atoms with Gasteiger partial charge in [0.15, 0.2) is 0 Å². The minimum Gasteiger partial charge on any atom is -0.303 e. The first-order chi connectivity index (χ1) is 5.88. The van der Waals surface area contributed by atoms with Crippen molar-refractivity contribution < 1.29 is 0 Å². The summed E-state index contributed by atoms with van der Waals surface area (Å²) in [5.41, 5.74) is 0. The van der Waals surface area contributed by atoms with E-state index in [1.807, 2.05) is 0 Å². The molecule has 0 aromatic heterocycles. The highest BCUT2D eigenvalue weighted by molar-refractivity contribution is 4.86.